The standard InChI is InChI=1S/C21H27N3O/c1-22-21(23-13-12-17-10-6-7-11-20(17)25-2)24-15-18-14-19(18)16-8-4-3-5-9-16/h3-11,18-19H,12-15H2,1-2H3,(H2,22,23,24). The highest BCUT2D eigenvalue weighted by molar-refractivity contribution is 5.79. The zero-order valence-electron chi connectivity index (χ0n) is 15.0. The molecule has 1 fully saturated rings. The van der Waals surface area contributed by atoms with E-state index in [1.54, 1.807) is 7.11 Å². The Kier molecular flexibility index (Phi) is 5.94. The third kappa shape index (κ3) is 4.75. The maximum Gasteiger partial charge on any atom is 0.190 e. The molecule has 0 spiro atoms. The van der Waals surface area contributed by atoms with E-state index in [4.69, 9.17) is 4.74 Å². The van der Waals surface area contributed by atoms with Gasteiger partial charge in [0.15, 0.2) is 5.96 Å². The summed E-state index contributed by atoms with van der Waals surface area (Å²) in [7, 11) is 3.53. The van der Waals surface area contributed by atoms with Crippen molar-refractivity contribution in [1.29, 1.82) is 0 Å². The van der Waals surface area contributed by atoms with Crippen molar-refractivity contribution in [3.63, 3.8) is 0 Å². The molecule has 4 heteroatoms. The Labute approximate surface area is 150 Å². The van der Waals surface area contributed by atoms with E-state index in [9.17, 15) is 0 Å². The summed E-state index contributed by atoms with van der Waals surface area (Å²) in [6, 6.07) is 18.9. The molecule has 0 amide bonds. The Morgan fingerprint density at radius 3 is 2.60 bits per heavy atom. The molecule has 2 aromatic rings. The Morgan fingerprint density at radius 2 is 1.84 bits per heavy atom. The largest absolute Gasteiger partial charge is 0.496 e. The molecule has 3 rings (SSSR count). The molecule has 1 aliphatic rings. The Morgan fingerprint density at radius 1 is 1.08 bits per heavy atom. The van der Waals surface area contributed by atoms with Crippen LogP contribution >= 0.6 is 0 Å². The van der Waals surface area contributed by atoms with Crippen LogP contribution in [0.15, 0.2) is 59.6 Å². The number of benzene rings is 2. The molecule has 2 aromatic carbocycles. The molecule has 1 saturated carbocycles. The zero-order chi connectivity index (χ0) is 17.5. The van der Waals surface area contributed by atoms with Crippen LogP contribution < -0.4 is 15.4 Å². The van der Waals surface area contributed by atoms with E-state index in [2.05, 4.69) is 52.0 Å². The molecule has 132 valence electrons. The molecular weight excluding hydrogens is 310 g/mol. The molecule has 2 atom stereocenters. The Balaban J connectivity index is 1.40. The predicted molar refractivity (Wildman–Crippen MR) is 103 cm³/mol. The fourth-order valence-electron chi connectivity index (χ4n) is 3.26. The summed E-state index contributed by atoms with van der Waals surface area (Å²) in [5, 5.41) is 6.84. The Bertz CT molecular complexity index is 699. The fraction of sp³-hybridized carbons (Fsp3) is 0.381. The van der Waals surface area contributed by atoms with Gasteiger partial charge in [0, 0.05) is 20.1 Å². The molecule has 1 aliphatic carbocycles. The first kappa shape index (κ1) is 17.3. The van der Waals surface area contributed by atoms with Crippen LogP contribution in [0.25, 0.3) is 0 Å². The van der Waals surface area contributed by atoms with Gasteiger partial charge in [-0.3, -0.25) is 4.99 Å². The van der Waals surface area contributed by atoms with E-state index in [0.29, 0.717) is 11.8 Å². The first-order chi connectivity index (χ1) is 12.3. The van der Waals surface area contributed by atoms with Crippen LogP contribution in [0.1, 0.15) is 23.5 Å². The van der Waals surface area contributed by atoms with Gasteiger partial charge in [0.2, 0.25) is 0 Å². The van der Waals surface area contributed by atoms with E-state index >= 15 is 0 Å². The molecule has 0 radical (unpaired) electrons. The van der Waals surface area contributed by atoms with Crippen molar-refractivity contribution in [2.45, 2.75) is 18.8 Å². The third-order valence-electron chi connectivity index (χ3n) is 4.78. The lowest BCUT2D eigenvalue weighted by Gasteiger charge is -2.13. The van der Waals surface area contributed by atoms with Gasteiger partial charge in [0.05, 0.1) is 7.11 Å². The zero-order valence-corrected chi connectivity index (χ0v) is 15.0. The van der Waals surface area contributed by atoms with Gasteiger partial charge in [-0.2, -0.15) is 0 Å². The van der Waals surface area contributed by atoms with Crippen LogP contribution in [0.4, 0.5) is 0 Å². The van der Waals surface area contributed by atoms with Crippen molar-refractivity contribution in [2.24, 2.45) is 10.9 Å². The lowest BCUT2D eigenvalue weighted by Crippen LogP contribution is -2.39. The van der Waals surface area contributed by atoms with Gasteiger partial charge in [-0.15, -0.1) is 0 Å². The van der Waals surface area contributed by atoms with Gasteiger partial charge in [-0.05, 0) is 41.9 Å². The SMILES string of the molecule is CN=C(NCCc1ccccc1OC)NCC1CC1c1ccccc1. The van der Waals surface area contributed by atoms with Crippen molar-refractivity contribution < 1.29 is 4.74 Å². The van der Waals surface area contributed by atoms with Crippen LogP contribution in [0.5, 0.6) is 5.75 Å². The third-order valence-corrected chi connectivity index (χ3v) is 4.78. The van der Waals surface area contributed by atoms with Gasteiger partial charge >= 0.3 is 0 Å². The summed E-state index contributed by atoms with van der Waals surface area (Å²) < 4.78 is 5.40. The summed E-state index contributed by atoms with van der Waals surface area (Å²) in [5.74, 6) is 3.21. The number of nitrogens with one attached hydrogen (secondary N) is 2. The topological polar surface area (TPSA) is 45.7 Å². The van der Waals surface area contributed by atoms with E-state index in [-0.39, 0.29) is 0 Å². The first-order valence-electron chi connectivity index (χ1n) is 8.93. The van der Waals surface area contributed by atoms with Crippen LogP contribution in [0, 0.1) is 5.92 Å². The fourth-order valence-corrected chi connectivity index (χ4v) is 3.26. The molecule has 0 aromatic heterocycles. The predicted octanol–water partition coefficient (Wildman–Crippen LogP) is 3.21. The van der Waals surface area contributed by atoms with Crippen molar-refractivity contribution >= 4 is 5.96 Å². The van der Waals surface area contributed by atoms with Crippen LogP contribution in [0.2, 0.25) is 0 Å². The summed E-state index contributed by atoms with van der Waals surface area (Å²) in [6.07, 6.45) is 2.16. The minimum Gasteiger partial charge on any atom is -0.496 e. The maximum atomic E-state index is 5.40. The van der Waals surface area contributed by atoms with E-state index in [1.165, 1.54) is 17.5 Å². The lowest BCUT2D eigenvalue weighted by molar-refractivity contribution is 0.409. The number of aliphatic imine (C=N–C) groups is 1. The normalized spacial score (nSPS) is 19.4. The smallest absolute Gasteiger partial charge is 0.190 e. The number of para-hydroxylation sites is 1. The van der Waals surface area contributed by atoms with Gasteiger partial charge in [-0.1, -0.05) is 48.5 Å². The highest BCUT2D eigenvalue weighted by Gasteiger charge is 2.37. The van der Waals surface area contributed by atoms with Gasteiger partial charge in [0.25, 0.3) is 0 Å². The van der Waals surface area contributed by atoms with Gasteiger partial charge in [0.1, 0.15) is 5.75 Å². The number of ether oxygens (including phenoxy) is 1. The second-order valence-electron chi connectivity index (χ2n) is 6.45. The number of methoxy groups -OCH3 is 1. The molecule has 0 saturated heterocycles. The van der Waals surface area contributed by atoms with Crippen LogP contribution in [0.3, 0.4) is 0 Å². The monoisotopic (exact) mass is 337 g/mol. The minimum atomic E-state index is 0.695. The Hall–Kier alpha value is -2.49. The van der Waals surface area contributed by atoms with Crippen molar-refractivity contribution in [3.05, 3.63) is 65.7 Å². The minimum absolute atomic E-state index is 0.695. The number of rotatable bonds is 7. The average molecular weight is 337 g/mol. The highest BCUT2D eigenvalue weighted by Crippen LogP contribution is 2.46. The van der Waals surface area contributed by atoms with Crippen molar-refractivity contribution in [1.82, 2.24) is 10.6 Å². The highest BCUT2D eigenvalue weighted by atomic mass is 16.5. The second kappa shape index (κ2) is 8.56. The molecular formula is C21H27N3O. The van der Waals surface area contributed by atoms with Gasteiger partial charge < -0.3 is 15.4 Å². The summed E-state index contributed by atoms with van der Waals surface area (Å²) in [6.45, 7) is 1.79. The molecule has 25 heavy (non-hydrogen) atoms. The molecule has 0 heterocycles. The summed E-state index contributed by atoms with van der Waals surface area (Å²) in [5.41, 5.74) is 2.66. The molecule has 2 N–H and O–H groups in total. The number of hydrogen-bond donors (Lipinski definition) is 2. The first-order valence-corrected chi connectivity index (χ1v) is 8.93. The molecule has 4 nitrogen and oxygen atoms in total. The lowest BCUT2D eigenvalue weighted by atomic mass is 10.1. The summed E-state index contributed by atoms with van der Waals surface area (Å²) in [4.78, 5) is 4.32. The van der Waals surface area contributed by atoms with E-state index < -0.39 is 0 Å². The summed E-state index contributed by atoms with van der Waals surface area (Å²) >= 11 is 0. The maximum absolute atomic E-state index is 5.40. The van der Waals surface area contributed by atoms with Crippen molar-refractivity contribution in [3.8, 4) is 5.75 Å². The number of guanidine groups is 1. The van der Waals surface area contributed by atoms with Crippen molar-refractivity contribution in [2.75, 3.05) is 27.2 Å². The second-order valence-corrected chi connectivity index (χ2v) is 6.45. The number of nitrogens with zero attached hydrogens (tertiary/aromatic N) is 1. The molecule has 0 aliphatic heterocycles. The molecule has 2 unspecified atom stereocenters. The molecule has 0 bridgehead atoms. The van der Waals surface area contributed by atoms with Gasteiger partial charge in [-0.25, -0.2) is 0 Å². The van der Waals surface area contributed by atoms with E-state index in [0.717, 1.165) is 31.2 Å². The van der Waals surface area contributed by atoms with E-state index in [1.807, 2.05) is 25.2 Å². The number of hydrogen-bond acceptors (Lipinski definition) is 2. The van der Waals surface area contributed by atoms with Crippen LogP contribution in [-0.2, 0) is 6.42 Å². The average Bonchev–Trinajstić information content (AvgIpc) is 3.45. The van der Waals surface area contributed by atoms with Crippen LogP contribution in [-0.4, -0.2) is 33.2 Å². The quantitative estimate of drug-likeness (QED) is 0.602.